The molecule has 2 rings (SSSR count). The standard InChI is InChI=1S/C16H15ClN2O/c1-2-20-13-7-5-6-12(10-13)16(11-18)19-15-9-4-3-8-14(15)17/h3-10,16,19H,2H2,1H3. The van der Waals surface area contributed by atoms with Gasteiger partial charge in [0.15, 0.2) is 0 Å². The monoisotopic (exact) mass is 286 g/mol. The normalized spacial score (nSPS) is 11.4. The van der Waals surface area contributed by atoms with E-state index in [0.29, 0.717) is 11.6 Å². The van der Waals surface area contributed by atoms with Crippen molar-refractivity contribution in [2.24, 2.45) is 0 Å². The molecule has 0 aliphatic heterocycles. The summed E-state index contributed by atoms with van der Waals surface area (Å²) in [5.74, 6) is 0.756. The number of hydrogen-bond acceptors (Lipinski definition) is 3. The van der Waals surface area contributed by atoms with Crippen molar-refractivity contribution in [2.45, 2.75) is 13.0 Å². The molecule has 2 aromatic rings. The van der Waals surface area contributed by atoms with E-state index in [2.05, 4.69) is 11.4 Å². The Morgan fingerprint density at radius 1 is 1.25 bits per heavy atom. The number of halogens is 1. The predicted octanol–water partition coefficient (Wildman–Crippen LogP) is 4.42. The van der Waals surface area contributed by atoms with Crippen molar-refractivity contribution in [3.05, 3.63) is 59.1 Å². The number of nitriles is 1. The van der Waals surface area contributed by atoms with Crippen molar-refractivity contribution >= 4 is 17.3 Å². The minimum atomic E-state index is -0.477. The molecule has 1 atom stereocenters. The van der Waals surface area contributed by atoms with Crippen LogP contribution in [0.2, 0.25) is 5.02 Å². The van der Waals surface area contributed by atoms with Gasteiger partial charge in [-0.2, -0.15) is 5.26 Å². The van der Waals surface area contributed by atoms with Crippen LogP contribution in [0.1, 0.15) is 18.5 Å². The van der Waals surface area contributed by atoms with Gasteiger partial charge in [-0.25, -0.2) is 0 Å². The molecule has 0 amide bonds. The second kappa shape index (κ2) is 6.83. The molecule has 0 heterocycles. The van der Waals surface area contributed by atoms with Gasteiger partial charge in [-0.15, -0.1) is 0 Å². The Bertz CT molecular complexity index is 622. The molecule has 20 heavy (non-hydrogen) atoms. The lowest BCUT2D eigenvalue weighted by Gasteiger charge is -2.15. The molecule has 0 spiro atoms. The first-order chi connectivity index (χ1) is 9.74. The summed E-state index contributed by atoms with van der Waals surface area (Å²) in [4.78, 5) is 0. The van der Waals surface area contributed by atoms with Crippen molar-refractivity contribution in [2.75, 3.05) is 11.9 Å². The zero-order chi connectivity index (χ0) is 14.4. The molecule has 0 fully saturated rings. The first kappa shape index (κ1) is 14.2. The van der Waals surface area contributed by atoms with Crippen molar-refractivity contribution < 1.29 is 4.74 Å². The van der Waals surface area contributed by atoms with Crippen LogP contribution in [0, 0.1) is 11.3 Å². The van der Waals surface area contributed by atoms with Gasteiger partial charge in [0.25, 0.3) is 0 Å². The molecule has 3 nitrogen and oxygen atoms in total. The highest BCUT2D eigenvalue weighted by Crippen LogP contribution is 2.27. The molecule has 0 aliphatic carbocycles. The predicted molar refractivity (Wildman–Crippen MR) is 81.0 cm³/mol. The number of nitrogens with one attached hydrogen (secondary N) is 1. The third-order valence-electron chi connectivity index (χ3n) is 2.81. The summed E-state index contributed by atoms with van der Waals surface area (Å²) in [7, 11) is 0. The van der Waals surface area contributed by atoms with E-state index in [0.717, 1.165) is 17.0 Å². The van der Waals surface area contributed by atoms with Crippen LogP contribution >= 0.6 is 11.6 Å². The van der Waals surface area contributed by atoms with E-state index in [1.54, 1.807) is 6.07 Å². The molecule has 0 aromatic heterocycles. The highest BCUT2D eigenvalue weighted by molar-refractivity contribution is 6.33. The minimum absolute atomic E-state index is 0.477. The third kappa shape index (κ3) is 3.43. The molecule has 4 heteroatoms. The molecular weight excluding hydrogens is 272 g/mol. The maximum atomic E-state index is 9.36. The van der Waals surface area contributed by atoms with Gasteiger partial charge >= 0.3 is 0 Å². The van der Waals surface area contributed by atoms with E-state index >= 15 is 0 Å². The number of benzene rings is 2. The van der Waals surface area contributed by atoms with Crippen molar-refractivity contribution in [1.29, 1.82) is 5.26 Å². The number of anilines is 1. The minimum Gasteiger partial charge on any atom is -0.494 e. The Balaban J connectivity index is 2.23. The lowest BCUT2D eigenvalue weighted by atomic mass is 10.1. The van der Waals surface area contributed by atoms with Crippen molar-refractivity contribution in [1.82, 2.24) is 0 Å². The summed E-state index contributed by atoms with van der Waals surface area (Å²) in [6.45, 7) is 2.52. The second-order valence-electron chi connectivity index (χ2n) is 4.19. The van der Waals surface area contributed by atoms with Gasteiger partial charge in [-0.1, -0.05) is 35.9 Å². The van der Waals surface area contributed by atoms with Crippen LogP contribution in [0.4, 0.5) is 5.69 Å². The molecule has 0 bridgehead atoms. The number of rotatable bonds is 5. The third-order valence-corrected chi connectivity index (χ3v) is 3.13. The Morgan fingerprint density at radius 2 is 2.05 bits per heavy atom. The fourth-order valence-corrected chi connectivity index (χ4v) is 2.06. The van der Waals surface area contributed by atoms with Crippen LogP contribution in [0.3, 0.4) is 0 Å². The molecule has 102 valence electrons. The average Bonchev–Trinajstić information content (AvgIpc) is 2.47. The van der Waals surface area contributed by atoms with Gasteiger partial charge in [0.2, 0.25) is 0 Å². The molecule has 0 saturated heterocycles. The van der Waals surface area contributed by atoms with E-state index in [1.807, 2.05) is 49.4 Å². The Kier molecular flexibility index (Phi) is 4.86. The summed E-state index contributed by atoms with van der Waals surface area (Å²) >= 11 is 6.10. The van der Waals surface area contributed by atoms with Gasteiger partial charge in [0.05, 0.1) is 23.4 Å². The summed E-state index contributed by atoms with van der Waals surface area (Å²) in [5, 5.41) is 13.1. The zero-order valence-corrected chi connectivity index (χ0v) is 11.9. The number of nitrogens with zero attached hydrogens (tertiary/aromatic N) is 1. The van der Waals surface area contributed by atoms with E-state index in [-0.39, 0.29) is 0 Å². The number of ether oxygens (including phenoxy) is 1. The lowest BCUT2D eigenvalue weighted by Crippen LogP contribution is -2.09. The largest absolute Gasteiger partial charge is 0.494 e. The van der Waals surface area contributed by atoms with Crippen LogP contribution in [0.5, 0.6) is 5.75 Å². The smallest absolute Gasteiger partial charge is 0.140 e. The lowest BCUT2D eigenvalue weighted by molar-refractivity contribution is 0.340. The van der Waals surface area contributed by atoms with E-state index < -0.39 is 6.04 Å². The SMILES string of the molecule is CCOc1cccc(C(C#N)Nc2ccccc2Cl)c1. The Labute approximate surface area is 123 Å². The van der Waals surface area contributed by atoms with Crippen LogP contribution in [-0.4, -0.2) is 6.61 Å². The van der Waals surface area contributed by atoms with Crippen LogP contribution < -0.4 is 10.1 Å². The van der Waals surface area contributed by atoms with Gasteiger partial charge in [0.1, 0.15) is 11.8 Å². The first-order valence-corrected chi connectivity index (χ1v) is 6.76. The summed E-state index contributed by atoms with van der Waals surface area (Å²) < 4.78 is 5.45. The highest BCUT2D eigenvalue weighted by Gasteiger charge is 2.12. The van der Waals surface area contributed by atoms with Crippen molar-refractivity contribution in [3.8, 4) is 11.8 Å². The summed E-state index contributed by atoms with van der Waals surface area (Å²) in [5.41, 5.74) is 1.58. The molecule has 0 radical (unpaired) electrons. The fourth-order valence-electron chi connectivity index (χ4n) is 1.87. The highest BCUT2D eigenvalue weighted by atomic mass is 35.5. The Morgan fingerprint density at radius 3 is 2.75 bits per heavy atom. The van der Waals surface area contributed by atoms with Crippen LogP contribution in [0.15, 0.2) is 48.5 Å². The molecule has 0 saturated carbocycles. The van der Waals surface area contributed by atoms with Gasteiger partial charge in [-0.05, 0) is 36.8 Å². The second-order valence-corrected chi connectivity index (χ2v) is 4.60. The van der Waals surface area contributed by atoms with E-state index in [1.165, 1.54) is 0 Å². The fraction of sp³-hybridized carbons (Fsp3) is 0.188. The maximum Gasteiger partial charge on any atom is 0.140 e. The van der Waals surface area contributed by atoms with E-state index in [9.17, 15) is 5.26 Å². The van der Waals surface area contributed by atoms with Crippen LogP contribution in [-0.2, 0) is 0 Å². The number of hydrogen-bond donors (Lipinski definition) is 1. The molecule has 0 aliphatic rings. The molecule has 1 unspecified atom stereocenters. The Hall–Kier alpha value is -2.18. The average molecular weight is 287 g/mol. The molecule has 1 N–H and O–H groups in total. The quantitative estimate of drug-likeness (QED) is 0.885. The van der Waals surface area contributed by atoms with Gasteiger partial charge in [0, 0.05) is 0 Å². The topological polar surface area (TPSA) is 45.0 Å². The number of para-hydroxylation sites is 1. The zero-order valence-electron chi connectivity index (χ0n) is 11.1. The molecule has 2 aromatic carbocycles. The summed E-state index contributed by atoms with van der Waals surface area (Å²) in [6.07, 6.45) is 0. The van der Waals surface area contributed by atoms with Crippen LogP contribution in [0.25, 0.3) is 0 Å². The maximum absolute atomic E-state index is 9.36. The molecular formula is C16H15ClN2O. The van der Waals surface area contributed by atoms with Gasteiger partial charge in [-0.3, -0.25) is 0 Å². The summed E-state index contributed by atoms with van der Waals surface area (Å²) in [6, 6.07) is 16.6. The van der Waals surface area contributed by atoms with Gasteiger partial charge < -0.3 is 10.1 Å². The van der Waals surface area contributed by atoms with Crippen molar-refractivity contribution in [3.63, 3.8) is 0 Å². The first-order valence-electron chi connectivity index (χ1n) is 6.38. The van der Waals surface area contributed by atoms with E-state index in [4.69, 9.17) is 16.3 Å².